The highest BCUT2D eigenvalue weighted by atomic mass is 16.8. The number of Topliss-reactive ketones (excluding diaryl/α,β-unsaturated/α-hetero) is 1. The fourth-order valence-electron chi connectivity index (χ4n) is 7.71. The van der Waals surface area contributed by atoms with E-state index in [-0.39, 0.29) is 31.0 Å². The Hall–Kier alpha value is -2.32. The van der Waals surface area contributed by atoms with Gasteiger partial charge < -0.3 is 38.1 Å². The third kappa shape index (κ3) is 6.88. The molecule has 5 aliphatic heterocycles. The monoisotopic (exact) mass is 640 g/mol. The number of fused-ring (bicyclic) bond motifs is 8. The third-order valence-corrected chi connectivity index (χ3v) is 10.2. The molecule has 13 nitrogen and oxygen atoms in total. The molecule has 0 aromatic carbocycles. The summed E-state index contributed by atoms with van der Waals surface area (Å²) < 4.78 is 42.7. The molecule has 14 atom stereocenters. The van der Waals surface area contributed by atoms with Crippen LogP contribution in [0.1, 0.15) is 81.6 Å². The lowest BCUT2D eigenvalue weighted by Crippen LogP contribution is -2.65. The van der Waals surface area contributed by atoms with Crippen LogP contribution in [0.3, 0.4) is 0 Å². The summed E-state index contributed by atoms with van der Waals surface area (Å²) >= 11 is 0. The molecule has 0 N–H and O–H groups in total. The molecule has 0 spiro atoms. The minimum absolute atomic E-state index is 0.108. The lowest BCUT2D eigenvalue weighted by Gasteiger charge is -2.52. The molecule has 5 rings (SSSR count). The van der Waals surface area contributed by atoms with E-state index in [1.807, 2.05) is 53.6 Å². The summed E-state index contributed by atoms with van der Waals surface area (Å²) in [6, 6.07) is -0.680. The molecule has 0 amide bonds. The molecule has 0 aliphatic carbocycles. The highest BCUT2D eigenvalue weighted by Gasteiger charge is 2.60. The summed E-state index contributed by atoms with van der Waals surface area (Å²) in [6.07, 6.45) is -3.98. The zero-order chi connectivity index (χ0) is 33.6. The lowest BCUT2D eigenvalue weighted by atomic mass is 9.78. The first-order valence-corrected chi connectivity index (χ1v) is 16.1. The zero-order valence-electron chi connectivity index (χ0n) is 28.6. The summed E-state index contributed by atoms with van der Waals surface area (Å²) in [4.78, 5) is 56.4. The lowest BCUT2D eigenvalue weighted by molar-refractivity contribution is -0.310. The van der Waals surface area contributed by atoms with Crippen molar-refractivity contribution in [3.8, 4) is 0 Å². The molecule has 2 bridgehead atoms. The summed E-state index contributed by atoms with van der Waals surface area (Å²) in [5.41, 5.74) is -2.30. The molecule has 1 unspecified atom stereocenters. The van der Waals surface area contributed by atoms with Gasteiger partial charge in [0, 0.05) is 18.9 Å². The summed E-state index contributed by atoms with van der Waals surface area (Å²) in [5.74, 6) is -3.61. The van der Waals surface area contributed by atoms with Crippen LogP contribution in [0.4, 0.5) is 4.79 Å². The van der Waals surface area contributed by atoms with Gasteiger partial charge in [-0.3, -0.25) is 19.3 Å². The van der Waals surface area contributed by atoms with Crippen molar-refractivity contribution in [1.82, 2.24) is 9.80 Å². The first-order valence-electron chi connectivity index (χ1n) is 16.1. The van der Waals surface area contributed by atoms with Crippen molar-refractivity contribution in [2.45, 2.75) is 148 Å². The highest BCUT2D eigenvalue weighted by molar-refractivity contribution is 6.00. The Morgan fingerprint density at radius 2 is 1.73 bits per heavy atom. The fraction of sp³-hybridized carbons (Fsp3) is 0.875. The number of carbonyl (C=O) groups is 4. The van der Waals surface area contributed by atoms with Crippen molar-refractivity contribution in [3.05, 3.63) is 0 Å². The molecule has 45 heavy (non-hydrogen) atoms. The van der Waals surface area contributed by atoms with Gasteiger partial charge in [0.2, 0.25) is 0 Å². The topological polar surface area (TPSA) is 139 Å². The SMILES string of the molecule is CC[C@H]1OC(=O)[C@H](C)C(=O)[C@H](C)[C@@H](O[C@@H]2O[C@H](C)C[C@H](N(C)C)[C@H]2OC(C)=O)[C@@]2(C)C[C@@H](C)N(CO2)[C@H](C)[C@H]2OC(=O)O[C@@]21C. The Morgan fingerprint density at radius 1 is 1.07 bits per heavy atom. The van der Waals surface area contributed by atoms with Crippen LogP contribution >= 0.6 is 0 Å². The predicted molar refractivity (Wildman–Crippen MR) is 160 cm³/mol. The number of hydrogen-bond donors (Lipinski definition) is 0. The van der Waals surface area contributed by atoms with Gasteiger partial charge in [-0.1, -0.05) is 13.8 Å². The minimum Gasteiger partial charge on any atom is -0.457 e. The highest BCUT2D eigenvalue weighted by Crippen LogP contribution is 2.43. The molecule has 0 aromatic rings. The van der Waals surface area contributed by atoms with Gasteiger partial charge >= 0.3 is 18.1 Å². The quantitative estimate of drug-likeness (QED) is 0.247. The van der Waals surface area contributed by atoms with Gasteiger partial charge in [0.05, 0.1) is 29.9 Å². The van der Waals surface area contributed by atoms with Crippen LogP contribution in [0.25, 0.3) is 0 Å². The fourth-order valence-corrected chi connectivity index (χ4v) is 7.71. The van der Waals surface area contributed by atoms with Crippen LogP contribution in [-0.4, -0.2) is 121 Å². The molecule has 0 aromatic heterocycles. The van der Waals surface area contributed by atoms with Crippen LogP contribution in [-0.2, 0) is 47.5 Å². The number of ether oxygens (including phenoxy) is 7. The maximum atomic E-state index is 14.1. The third-order valence-electron chi connectivity index (χ3n) is 10.2. The van der Waals surface area contributed by atoms with Crippen molar-refractivity contribution in [2.75, 3.05) is 20.8 Å². The van der Waals surface area contributed by atoms with Crippen LogP contribution in [0.15, 0.2) is 0 Å². The summed E-state index contributed by atoms with van der Waals surface area (Å²) in [5, 5.41) is 0. The van der Waals surface area contributed by atoms with Crippen molar-refractivity contribution in [1.29, 1.82) is 0 Å². The Bertz CT molecular complexity index is 1130. The first kappa shape index (κ1) is 35.5. The molecule has 5 saturated heterocycles. The number of carbonyl (C=O) groups excluding carboxylic acids is 4. The van der Waals surface area contributed by atoms with E-state index in [9.17, 15) is 19.2 Å². The number of esters is 2. The second-order valence-corrected chi connectivity index (χ2v) is 13.9. The number of ketones is 1. The van der Waals surface area contributed by atoms with E-state index < -0.39 is 77.6 Å². The smallest absolute Gasteiger partial charge is 0.457 e. The number of nitrogens with zero attached hydrogens (tertiary/aromatic N) is 2. The van der Waals surface area contributed by atoms with Gasteiger partial charge in [-0.2, -0.15) is 0 Å². The minimum atomic E-state index is -1.28. The molecule has 0 radical (unpaired) electrons. The van der Waals surface area contributed by atoms with E-state index in [1.54, 1.807) is 13.8 Å². The average Bonchev–Trinajstić information content (AvgIpc) is 3.27. The van der Waals surface area contributed by atoms with Crippen LogP contribution in [0.2, 0.25) is 0 Å². The van der Waals surface area contributed by atoms with Crippen molar-refractivity contribution < 1.29 is 52.3 Å². The average molecular weight is 641 g/mol. The van der Waals surface area contributed by atoms with E-state index in [0.717, 1.165) is 0 Å². The summed E-state index contributed by atoms with van der Waals surface area (Å²) in [6.45, 7) is 16.0. The molecular weight excluding hydrogens is 588 g/mol. The van der Waals surface area contributed by atoms with E-state index in [4.69, 9.17) is 33.2 Å². The molecule has 5 heterocycles. The Kier molecular flexibility index (Phi) is 10.6. The molecule has 0 saturated carbocycles. The largest absolute Gasteiger partial charge is 0.509 e. The predicted octanol–water partition coefficient (Wildman–Crippen LogP) is 3.05. The van der Waals surface area contributed by atoms with Gasteiger partial charge in [-0.25, -0.2) is 4.79 Å². The van der Waals surface area contributed by atoms with Crippen molar-refractivity contribution in [2.24, 2.45) is 11.8 Å². The van der Waals surface area contributed by atoms with Crippen molar-refractivity contribution in [3.63, 3.8) is 0 Å². The maximum Gasteiger partial charge on any atom is 0.509 e. The van der Waals surface area contributed by atoms with Crippen LogP contribution in [0, 0.1) is 11.8 Å². The van der Waals surface area contributed by atoms with Gasteiger partial charge in [0.15, 0.2) is 29.9 Å². The number of rotatable bonds is 5. The number of hydrogen-bond acceptors (Lipinski definition) is 13. The van der Waals surface area contributed by atoms with Crippen LogP contribution in [0.5, 0.6) is 0 Å². The first-order chi connectivity index (χ1) is 20.9. The Labute approximate surface area is 266 Å². The normalized spacial score (nSPS) is 46.1. The van der Waals surface area contributed by atoms with Crippen LogP contribution < -0.4 is 0 Å². The maximum absolute atomic E-state index is 14.1. The molecule has 5 fully saturated rings. The molecule has 13 heteroatoms. The molecular formula is C32H52N2O11. The Balaban J connectivity index is 1.76. The second kappa shape index (κ2) is 13.4. The van der Waals surface area contributed by atoms with E-state index in [1.165, 1.54) is 13.8 Å². The second-order valence-electron chi connectivity index (χ2n) is 13.9. The van der Waals surface area contributed by atoms with Gasteiger partial charge in [-0.05, 0) is 74.9 Å². The van der Waals surface area contributed by atoms with Gasteiger partial charge in [0.1, 0.15) is 18.8 Å². The van der Waals surface area contributed by atoms with E-state index in [0.29, 0.717) is 19.3 Å². The molecule has 5 aliphatic rings. The van der Waals surface area contributed by atoms with Crippen molar-refractivity contribution >= 4 is 23.9 Å². The van der Waals surface area contributed by atoms with E-state index in [2.05, 4.69) is 4.90 Å². The molecule has 256 valence electrons. The standard InChI is InChI=1S/C32H52N2O11/c1-12-23-32(9)27(44-30(38)45-32)20(6)34-15-39-31(8,14-16(34)2)26(18(4)24(36)19(5)28(37)42-23)43-29-25(41-21(7)35)22(33(10)11)13-17(3)40-29/h16-20,22-23,25-27,29H,12-15H2,1-11H3/t16-,17-,18+,19-,20-,22+,23-,25-,26-,27-,29+,31-,32-/m1/s1. The van der Waals surface area contributed by atoms with E-state index >= 15 is 0 Å². The Morgan fingerprint density at radius 3 is 2.31 bits per heavy atom. The van der Waals surface area contributed by atoms with Gasteiger partial charge in [-0.15, -0.1) is 0 Å². The zero-order valence-corrected chi connectivity index (χ0v) is 28.6. The van der Waals surface area contributed by atoms with Gasteiger partial charge in [0.25, 0.3) is 0 Å². The number of likely N-dealkylation sites (N-methyl/N-ethyl adjacent to an activating group) is 1. The summed E-state index contributed by atoms with van der Waals surface area (Å²) in [7, 11) is 3.81.